The van der Waals surface area contributed by atoms with Crippen LogP contribution in [-0.4, -0.2) is 53.8 Å². The number of pyridine rings is 1. The standard InChI is InChI=1S/C26H35N3O2/c1-25(2,3)18-23(30)29-15-12-26(13-16-29,24(31)28(4)5)17-20-8-10-21(11-9-20)22-7-6-14-27-19-22/h6-11,14,19H,12-13,15-18H2,1-5H3. The molecule has 2 aromatic rings. The summed E-state index contributed by atoms with van der Waals surface area (Å²) >= 11 is 0. The van der Waals surface area contributed by atoms with Crippen LogP contribution in [0.5, 0.6) is 0 Å². The Bertz CT molecular complexity index is 890. The lowest BCUT2D eigenvalue weighted by Gasteiger charge is -2.42. The highest BCUT2D eigenvalue weighted by Gasteiger charge is 2.43. The van der Waals surface area contributed by atoms with E-state index < -0.39 is 5.41 Å². The third-order valence-corrected chi connectivity index (χ3v) is 6.11. The maximum atomic E-state index is 13.2. The molecule has 1 aliphatic heterocycles. The lowest BCUT2D eigenvalue weighted by molar-refractivity contribution is -0.146. The van der Waals surface area contributed by atoms with Crippen molar-refractivity contribution in [3.05, 3.63) is 54.4 Å². The minimum Gasteiger partial charge on any atom is -0.348 e. The van der Waals surface area contributed by atoms with Crippen LogP contribution in [-0.2, 0) is 16.0 Å². The smallest absolute Gasteiger partial charge is 0.228 e. The summed E-state index contributed by atoms with van der Waals surface area (Å²) in [5.74, 6) is 0.353. The Hall–Kier alpha value is -2.69. The zero-order valence-corrected chi connectivity index (χ0v) is 19.5. The van der Waals surface area contributed by atoms with Gasteiger partial charge in [0.2, 0.25) is 11.8 Å². The molecule has 0 atom stereocenters. The highest BCUT2D eigenvalue weighted by Crippen LogP contribution is 2.38. The largest absolute Gasteiger partial charge is 0.348 e. The molecule has 0 aliphatic carbocycles. The van der Waals surface area contributed by atoms with Gasteiger partial charge in [0.05, 0.1) is 5.41 Å². The summed E-state index contributed by atoms with van der Waals surface area (Å²) in [6.45, 7) is 7.54. The topological polar surface area (TPSA) is 53.5 Å². The van der Waals surface area contributed by atoms with Crippen LogP contribution in [0.3, 0.4) is 0 Å². The lowest BCUT2D eigenvalue weighted by Crippen LogP contribution is -2.51. The molecule has 1 fully saturated rings. The molecular formula is C26H35N3O2. The van der Waals surface area contributed by atoms with Gasteiger partial charge in [0, 0.05) is 46.0 Å². The predicted octanol–water partition coefficient (Wildman–Crippen LogP) is 4.42. The van der Waals surface area contributed by atoms with E-state index in [2.05, 4.69) is 50.0 Å². The van der Waals surface area contributed by atoms with Gasteiger partial charge < -0.3 is 9.80 Å². The number of rotatable bonds is 5. The predicted molar refractivity (Wildman–Crippen MR) is 124 cm³/mol. The first-order valence-electron chi connectivity index (χ1n) is 11.1. The van der Waals surface area contributed by atoms with Crippen LogP contribution in [0.2, 0.25) is 0 Å². The summed E-state index contributed by atoms with van der Waals surface area (Å²) in [4.78, 5) is 33.8. The molecular weight excluding hydrogens is 386 g/mol. The number of aromatic nitrogens is 1. The van der Waals surface area contributed by atoms with Crippen molar-refractivity contribution in [3.63, 3.8) is 0 Å². The molecule has 3 rings (SSSR count). The van der Waals surface area contributed by atoms with Gasteiger partial charge in [0.1, 0.15) is 0 Å². The molecule has 0 unspecified atom stereocenters. The van der Waals surface area contributed by atoms with E-state index >= 15 is 0 Å². The SMILES string of the molecule is CN(C)C(=O)C1(Cc2ccc(-c3cccnc3)cc2)CCN(C(=O)CC(C)(C)C)CC1. The number of benzene rings is 1. The molecule has 0 radical (unpaired) electrons. The van der Waals surface area contributed by atoms with Gasteiger partial charge in [0.15, 0.2) is 0 Å². The minimum atomic E-state index is -0.460. The fraction of sp³-hybridized carbons (Fsp3) is 0.500. The summed E-state index contributed by atoms with van der Waals surface area (Å²) in [6.07, 6.45) is 6.26. The number of likely N-dealkylation sites (tertiary alicyclic amines) is 1. The van der Waals surface area contributed by atoms with E-state index in [1.165, 1.54) is 0 Å². The first-order chi connectivity index (χ1) is 14.6. The molecule has 1 saturated heterocycles. The van der Waals surface area contributed by atoms with Gasteiger partial charge in [-0.05, 0) is 47.4 Å². The fourth-order valence-electron chi connectivity index (χ4n) is 4.43. The quantitative estimate of drug-likeness (QED) is 0.718. The summed E-state index contributed by atoms with van der Waals surface area (Å²) < 4.78 is 0. The molecule has 0 spiro atoms. The Morgan fingerprint density at radius 1 is 1.03 bits per heavy atom. The van der Waals surface area contributed by atoms with Gasteiger partial charge in [-0.25, -0.2) is 0 Å². The summed E-state index contributed by atoms with van der Waals surface area (Å²) in [5, 5.41) is 0. The van der Waals surface area contributed by atoms with Crippen molar-refractivity contribution in [2.45, 2.75) is 46.5 Å². The summed E-state index contributed by atoms with van der Waals surface area (Å²) in [5.41, 5.74) is 2.86. The molecule has 0 bridgehead atoms. The average molecular weight is 422 g/mol. The first kappa shape index (κ1) is 23.0. The van der Waals surface area contributed by atoms with Gasteiger partial charge in [-0.2, -0.15) is 0 Å². The average Bonchev–Trinajstić information content (AvgIpc) is 2.73. The van der Waals surface area contributed by atoms with Crippen molar-refractivity contribution in [1.29, 1.82) is 0 Å². The van der Waals surface area contributed by atoms with Gasteiger partial charge >= 0.3 is 0 Å². The van der Waals surface area contributed by atoms with Crippen LogP contribution >= 0.6 is 0 Å². The van der Waals surface area contributed by atoms with Crippen LogP contribution in [0.25, 0.3) is 11.1 Å². The van der Waals surface area contributed by atoms with E-state index in [0.717, 1.165) is 16.7 Å². The van der Waals surface area contributed by atoms with E-state index in [0.29, 0.717) is 38.8 Å². The van der Waals surface area contributed by atoms with Crippen molar-refractivity contribution >= 4 is 11.8 Å². The van der Waals surface area contributed by atoms with Gasteiger partial charge in [-0.1, -0.05) is 51.1 Å². The van der Waals surface area contributed by atoms with Crippen LogP contribution in [0, 0.1) is 10.8 Å². The molecule has 1 aromatic carbocycles. The minimum absolute atomic E-state index is 0.0267. The zero-order valence-electron chi connectivity index (χ0n) is 19.5. The Morgan fingerprint density at radius 2 is 1.68 bits per heavy atom. The van der Waals surface area contributed by atoms with E-state index in [1.807, 2.05) is 37.3 Å². The Kier molecular flexibility index (Phi) is 6.83. The molecule has 0 N–H and O–H groups in total. The third-order valence-electron chi connectivity index (χ3n) is 6.11. The van der Waals surface area contributed by atoms with Crippen LogP contribution in [0.15, 0.2) is 48.8 Å². The molecule has 1 aliphatic rings. The number of hydrogen-bond donors (Lipinski definition) is 0. The maximum absolute atomic E-state index is 13.2. The number of nitrogens with zero attached hydrogens (tertiary/aromatic N) is 3. The van der Waals surface area contributed by atoms with Crippen LogP contribution in [0.1, 0.15) is 45.6 Å². The second kappa shape index (κ2) is 9.21. The highest BCUT2D eigenvalue weighted by atomic mass is 16.2. The number of piperidine rings is 1. The van der Waals surface area contributed by atoms with E-state index in [4.69, 9.17) is 0 Å². The van der Waals surface area contributed by atoms with Crippen molar-refractivity contribution in [2.24, 2.45) is 10.8 Å². The Morgan fingerprint density at radius 3 is 2.19 bits per heavy atom. The summed E-state index contributed by atoms with van der Waals surface area (Å²) in [6, 6.07) is 12.4. The van der Waals surface area contributed by atoms with Gasteiger partial charge in [0.25, 0.3) is 0 Å². The van der Waals surface area contributed by atoms with E-state index in [1.54, 1.807) is 11.1 Å². The highest BCUT2D eigenvalue weighted by molar-refractivity contribution is 5.83. The van der Waals surface area contributed by atoms with Crippen LogP contribution in [0.4, 0.5) is 0 Å². The Balaban J connectivity index is 1.75. The van der Waals surface area contributed by atoms with Crippen molar-refractivity contribution in [2.75, 3.05) is 27.2 Å². The molecule has 1 aromatic heterocycles. The van der Waals surface area contributed by atoms with Crippen molar-refractivity contribution < 1.29 is 9.59 Å². The van der Waals surface area contributed by atoms with E-state index in [9.17, 15) is 9.59 Å². The van der Waals surface area contributed by atoms with Gasteiger partial charge in [-0.3, -0.25) is 14.6 Å². The number of hydrogen-bond acceptors (Lipinski definition) is 3. The number of carbonyl (C=O) groups is 2. The van der Waals surface area contributed by atoms with Crippen LogP contribution < -0.4 is 0 Å². The molecule has 31 heavy (non-hydrogen) atoms. The molecule has 166 valence electrons. The number of carbonyl (C=O) groups excluding carboxylic acids is 2. The molecule has 0 saturated carbocycles. The second-order valence-electron chi connectivity index (χ2n) is 10.2. The molecule has 2 heterocycles. The van der Waals surface area contributed by atoms with Crippen molar-refractivity contribution in [1.82, 2.24) is 14.8 Å². The number of amides is 2. The Labute approximate surface area is 186 Å². The third kappa shape index (κ3) is 5.72. The molecule has 2 amide bonds. The normalized spacial score (nSPS) is 16.1. The lowest BCUT2D eigenvalue weighted by atomic mass is 9.72. The summed E-state index contributed by atoms with van der Waals surface area (Å²) in [7, 11) is 3.65. The van der Waals surface area contributed by atoms with Crippen molar-refractivity contribution in [3.8, 4) is 11.1 Å². The van der Waals surface area contributed by atoms with Gasteiger partial charge in [-0.15, -0.1) is 0 Å². The maximum Gasteiger partial charge on any atom is 0.228 e. The molecule has 5 nitrogen and oxygen atoms in total. The first-order valence-corrected chi connectivity index (χ1v) is 11.1. The fourth-order valence-corrected chi connectivity index (χ4v) is 4.43. The van der Waals surface area contributed by atoms with E-state index in [-0.39, 0.29) is 17.2 Å². The molecule has 5 heteroatoms. The zero-order chi connectivity index (χ0) is 22.6. The second-order valence-corrected chi connectivity index (χ2v) is 10.2. The monoisotopic (exact) mass is 421 g/mol.